The molecular formula is C13H18ClN3O2. The van der Waals surface area contributed by atoms with Gasteiger partial charge in [0.05, 0.1) is 19.1 Å². The average Bonchev–Trinajstić information content (AvgIpc) is 2.81. The number of halogens is 1. The maximum absolute atomic E-state index is 5.93. The molecule has 104 valence electrons. The zero-order valence-corrected chi connectivity index (χ0v) is 11.8. The van der Waals surface area contributed by atoms with Crippen LogP contribution in [-0.4, -0.2) is 41.5 Å². The first-order valence-corrected chi connectivity index (χ1v) is 6.83. The van der Waals surface area contributed by atoms with Crippen LogP contribution in [0.5, 0.6) is 0 Å². The van der Waals surface area contributed by atoms with Crippen molar-refractivity contribution in [2.75, 3.05) is 26.9 Å². The number of ether oxygens (including phenoxy) is 2. The number of aryl methyl sites for hydroxylation is 1. The van der Waals surface area contributed by atoms with E-state index in [-0.39, 0.29) is 0 Å². The van der Waals surface area contributed by atoms with E-state index in [0.29, 0.717) is 25.7 Å². The topological polar surface area (TPSA) is 49.2 Å². The van der Waals surface area contributed by atoms with Crippen molar-refractivity contribution in [2.45, 2.75) is 18.8 Å². The van der Waals surface area contributed by atoms with E-state index in [4.69, 9.17) is 21.1 Å². The van der Waals surface area contributed by atoms with Crippen molar-refractivity contribution in [2.24, 2.45) is 0 Å². The van der Waals surface area contributed by atoms with Gasteiger partial charge in [0.1, 0.15) is 11.3 Å². The molecule has 0 saturated heterocycles. The van der Waals surface area contributed by atoms with Crippen molar-refractivity contribution in [3.05, 3.63) is 24.2 Å². The molecule has 5 nitrogen and oxygen atoms in total. The molecule has 2 heterocycles. The number of pyridine rings is 1. The lowest BCUT2D eigenvalue weighted by Crippen LogP contribution is -2.08. The van der Waals surface area contributed by atoms with Gasteiger partial charge in [-0.25, -0.2) is 9.97 Å². The molecule has 2 aromatic rings. The second-order valence-electron chi connectivity index (χ2n) is 4.12. The number of fused-ring (bicyclic) bond motifs is 1. The molecule has 0 N–H and O–H groups in total. The molecule has 0 aromatic carbocycles. The summed E-state index contributed by atoms with van der Waals surface area (Å²) in [5.41, 5.74) is 1.77. The number of aromatic nitrogens is 3. The molecule has 0 spiro atoms. The lowest BCUT2D eigenvalue weighted by atomic mass is 10.4. The minimum absolute atomic E-state index is 0.390. The van der Waals surface area contributed by atoms with Crippen LogP contribution in [0, 0.1) is 0 Å². The van der Waals surface area contributed by atoms with Gasteiger partial charge in [-0.1, -0.05) is 0 Å². The summed E-state index contributed by atoms with van der Waals surface area (Å²) in [5, 5.41) is 0. The van der Waals surface area contributed by atoms with Crippen LogP contribution in [-0.2, 0) is 21.9 Å². The van der Waals surface area contributed by atoms with Crippen LogP contribution >= 0.6 is 11.6 Å². The first kappa shape index (κ1) is 14.2. The summed E-state index contributed by atoms with van der Waals surface area (Å²) in [6.45, 7) is 2.75. The summed E-state index contributed by atoms with van der Waals surface area (Å²) < 4.78 is 12.4. The van der Waals surface area contributed by atoms with Crippen LogP contribution in [0.4, 0.5) is 0 Å². The first-order valence-electron chi connectivity index (χ1n) is 6.29. The highest BCUT2D eigenvalue weighted by atomic mass is 35.5. The summed E-state index contributed by atoms with van der Waals surface area (Å²) in [7, 11) is 1.67. The van der Waals surface area contributed by atoms with E-state index in [1.807, 2.05) is 12.1 Å². The number of hydrogen-bond acceptors (Lipinski definition) is 4. The lowest BCUT2D eigenvalue weighted by molar-refractivity contribution is 0.0680. The third kappa shape index (κ3) is 3.65. The Hall–Kier alpha value is -1.17. The van der Waals surface area contributed by atoms with Gasteiger partial charge in [-0.2, -0.15) is 0 Å². The van der Waals surface area contributed by atoms with Crippen LogP contribution in [0.3, 0.4) is 0 Å². The third-order valence-corrected chi connectivity index (χ3v) is 3.04. The molecule has 0 amide bonds. The Balaban J connectivity index is 1.95. The fraction of sp³-hybridized carbons (Fsp3) is 0.538. The number of methoxy groups -OCH3 is 1. The summed E-state index contributed by atoms with van der Waals surface area (Å²) in [6, 6.07) is 3.83. The largest absolute Gasteiger partial charge is 0.382 e. The molecule has 0 unspecified atom stereocenters. The highest BCUT2D eigenvalue weighted by molar-refractivity contribution is 6.16. The number of nitrogens with zero attached hydrogens (tertiary/aromatic N) is 3. The molecule has 0 fully saturated rings. The maximum atomic E-state index is 5.93. The number of rotatable bonds is 8. The Bertz CT molecular complexity index is 516. The van der Waals surface area contributed by atoms with Crippen molar-refractivity contribution in [3.8, 4) is 0 Å². The summed E-state index contributed by atoms with van der Waals surface area (Å²) >= 11 is 5.93. The van der Waals surface area contributed by atoms with E-state index < -0.39 is 0 Å². The monoisotopic (exact) mass is 283 g/mol. The molecular weight excluding hydrogens is 266 g/mol. The predicted molar refractivity (Wildman–Crippen MR) is 74.4 cm³/mol. The zero-order chi connectivity index (χ0) is 13.5. The van der Waals surface area contributed by atoms with E-state index in [9.17, 15) is 0 Å². The molecule has 6 heteroatoms. The maximum Gasteiger partial charge on any atom is 0.160 e. The van der Waals surface area contributed by atoms with Crippen molar-refractivity contribution < 1.29 is 9.47 Å². The molecule has 2 aromatic heterocycles. The minimum atomic E-state index is 0.390. The Morgan fingerprint density at radius 2 is 2.21 bits per heavy atom. The Kier molecular flexibility index (Phi) is 5.57. The number of imidazole rings is 1. The van der Waals surface area contributed by atoms with Gasteiger partial charge in [0.2, 0.25) is 0 Å². The van der Waals surface area contributed by atoms with Gasteiger partial charge in [-0.05, 0) is 18.6 Å². The van der Waals surface area contributed by atoms with Crippen LogP contribution in [0.25, 0.3) is 11.2 Å². The van der Waals surface area contributed by atoms with Crippen molar-refractivity contribution in [1.29, 1.82) is 0 Å². The van der Waals surface area contributed by atoms with Crippen LogP contribution in [0.1, 0.15) is 12.2 Å². The summed E-state index contributed by atoms with van der Waals surface area (Å²) in [5.74, 6) is 1.24. The van der Waals surface area contributed by atoms with E-state index in [0.717, 1.165) is 30.0 Å². The SMILES string of the molecule is COCCOCCCn1c(CCl)nc2cccnc21. The minimum Gasteiger partial charge on any atom is -0.382 e. The summed E-state index contributed by atoms with van der Waals surface area (Å²) in [4.78, 5) is 8.83. The molecule has 0 aliphatic heterocycles. The average molecular weight is 284 g/mol. The van der Waals surface area contributed by atoms with Gasteiger partial charge < -0.3 is 14.0 Å². The fourth-order valence-electron chi connectivity index (χ4n) is 1.91. The van der Waals surface area contributed by atoms with Gasteiger partial charge in [0, 0.05) is 26.5 Å². The molecule has 0 bridgehead atoms. The molecule has 2 rings (SSSR count). The second-order valence-corrected chi connectivity index (χ2v) is 4.39. The van der Waals surface area contributed by atoms with Gasteiger partial charge in [-0.15, -0.1) is 11.6 Å². The Labute approximate surface area is 117 Å². The van der Waals surface area contributed by atoms with E-state index in [1.54, 1.807) is 13.3 Å². The van der Waals surface area contributed by atoms with Gasteiger partial charge in [0.25, 0.3) is 0 Å². The van der Waals surface area contributed by atoms with E-state index >= 15 is 0 Å². The van der Waals surface area contributed by atoms with Gasteiger partial charge >= 0.3 is 0 Å². The molecule has 0 aliphatic carbocycles. The zero-order valence-electron chi connectivity index (χ0n) is 11.0. The molecule has 0 aliphatic rings. The van der Waals surface area contributed by atoms with Crippen LogP contribution in [0.2, 0.25) is 0 Å². The number of alkyl halides is 1. The molecule has 19 heavy (non-hydrogen) atoms. The molecule has 0 atom stereocenters. The van der Waals surface area contributed by atoms with Crippen molar-refractivity contribution >= 4 is 22.8 Å². The summed E-state index contributed by atoms with van der Waals surface area (Å²) in [6.07, 6.45) is 2.67. The first-order chi connectivity index (χ1) is 9.36. The molecule has 0 radical (unpaired) electrons. The van der Waals surface area contributed by atoms with Crippen molar-refractivity contribution in [3.63, 3.8) is 0 Å². The van der Waals surface area contributed by atoms with Crippen molar-refractivity contribution in [1.82, 2.24) is 14.5 Å². The quantitative estimate of drug-likeness (QED) is 0.551. The predicted octanol–water partition coefficient (Wildman–Crippen LogP) is 2.22. The Morgan fingerprint density at radius 3 is 3.00 bits per heavy atom. The van der Waals surface area contributed by atoms with Crippen LogP contribution in [0.15, 0.2) is 18.3 Å². The highest BCUT2D eigenvalue weighted by Gasteiger charge is 2.09. The standard InChI is InChI=1S/C13H18ClN3O2/c1-18-8-9-19-7-3-6-17-12(10-14)16-11-4-2-5-15-13(11)17/h2,4-5H,3,6-10H2,1H3. The third-order valence-electron chi connectivity index (χ3n) is 2.80. The van der Waals surface area contributed by atoms with Gasteiger partial charge in [-0.3, -0.25) is 0 Å². The normalized spacial score (nSPS) is 11.3. The fourth-order valence-corrected chi connectivity index (χ4v) is 2.12. The Morgan fingerprint density at radius 1 is 1.32 bits per heavy atom. The molecule has 0 saturated carbocycles. The highest BCUT2D eigenvalue weighted by Crippen LogP contribution is 2.15. The van der Waals surface area contributed by atoms with Gasteiger partial charge in [0.15, 0.2) is 5.65 Å². The van der Waals surface area contributed by atoms with Crippen LogP contribution < -0.4 is 0 Å². The second kappa shape index (κ2) is 7.43. The lowest BCUT2D eigenvalue weighted by Gasteiger charge is -2.07. The number of hydrogen-bond donors (Lipinski definition) is 0. The smallest absolute Gasteiger partial charge is 0.160 e. The van der Waals surface area contributed by atoms with E-state index in [2.05, 4.69) is 14.5 Å². The van der Waals surface area contributed by atoms with E-state index in [1.165, 1.54) is 0 Å².